The summed E-state index contributed by atoms with van der Waals surface area (Å²) in [4.78, 5) is 15.9. The van der Waals surface area contributed by atoms with E-state index >= 15 is 0 Å². The first-order chi connectivity index (χ1) is 17.6. The third-order valence-corrected chi connectivity index (χ3v) is 6.60. The van der Waals surface area contributed by atoms with Gasteiger partial charge in [-0.05, 0) is 29.7 Å². The fourth-order valence-electron chi connectivity index (χ4n) is 4.78. The Bertz CT molecular complexity index is 1340. The fraction of sp³-hybridized carbons (Fsp3) is 0.233. The highest BCUT2D eigenvalue weighted by atomic mass is 16.5. The van der Waals surface area contributed by atoms with Crippen LogP contribution in [0.4, 0.5) is 0 Å². The minimum absolute atomic E-state index is 0.223. The highest BCUT2D eigenvalue weighted by molar-refractivity contribution is 6.17. The van der Waals surface area contributed by atoms with Gasteiger partial charge in [0.05, 0.1) is 26.9 Å². The molecular formula is C30H29NO5. The van der Waals surface area contributed by atoms with Crippen LogP contribution in [0.2, 0.25) is 0 Å². The Labute approximate surface area is 211 Å². The third kappa shape index (κ3) is 4.48. The number of Topliss-reactive ketones (excluding diaryl/α,β-unsaturated/α-hetero) is 1. The van der Waals surface area contributed by atoms with Crippen LogP contribution in [0.15, 0.2) is 72.5 Å². The van der Waals surface area contributed by atoms with Crippen molar-refractivity contribution in [1.82, 2.24) is 4.90 Å². The molecule has 3 aromatic rings. The molecule has 6 heteroatoms. The molecule has 0 atom stereocenters. The van der Waals surface area contributed by atoms with Gasteiger partial charge in [-0.25, -0.2) is 0 Å². The van der Waals surface area contributed by atoms with Crippen LogP contribution in [0.5, 0.6) is 23.0 Å². The van der Waals surface area contributed by atoms with Gasteiger partial charge in [0.15, 0.2) is 11.5 Å². The van der Waals surface area contributed by atoms with E-state index in [-0.39, 0.29) is 11.5 Å². The minimum Gasteiger partial charge on any atom is -0.496 e. The van der Waals surface area contributed by atoms with Gasteiger partial charge in [0.25, 0.3) is 0 Å². The molecule has 0 radical (unpaired) electrons. The number of ketones is 1. The molecule has 0 saturated carbocycles. The first-order valence-corrected chi connectivity index (χ1v) is 11.9. The maximum absolute atomic E-state index is 13.5. The van der Waals surface area contributed by atoms with E-state index in [1.807, 2.05) is 30.3 Å². The topological polar surface area (TPSA) is 57.2 Å². The van der Waals surface area contributed by atoms with Gasteiger partial charge in [-0.1, -0.05) is 54.6 Å². The van der Waals surface area contributed by atoms with Crippen LogP contribution in [0, 0.1) is 0 Å². The fourth-order valence-corrected chi connectivity index (χ4v) is 4.78. The van der Waals surface area contributed by atoms with Gasteiger partial charge in [0.2, 0.25) is 5.78 Å². The summed E-state index contributed by atoms with van der Waals surface area (Å²) >= 11 is 0. The maximum Gasteiger partial charge on any atom is 0.235 e. The molecule has 0 fully saturated rings. The van der Waals surface area contributed by atoms with Crippen LogP contribution >= 0.6 is 0 Å². The van der Waals surface area contributed by atoms with Crippen molar-refractivity contribution in [3.63, 3.8) is 0 Å². The number of methoxy groups -OCH3 is 3. The largest absolute Gasteiger partial charge is 0.496 e. The Morgan fingerprint density at radius 1 is 0.889 bits per heavy atom. The van der Waals surface area contributed by atoms with Crippen molar-refractivity contribution < 1.29 is 23.7 Å². The number of carbonyl (C=O) groups is 1. The smallest absolute Gasteiger partial charge is 0.235 e. The highest BCUT2D eigenvalue weighted by Gasteiger charge is 2.37. The molecule has 184 valence electrons. The second-order valence-corrected chi connectivity index (χ2v) is 8.74. The molecule has 5 rings (SSSR count). The SMILES string of the molecule is COc1ccccc1C=C1Oc2c(c(OC)cc(OC)c2C2=CCN(Cc3ccccc3)CC2)C1=O. The Balaban J connectivity index is 1.51. The molecule has 0 saturated heterocycles. The molecule has 0 spiro atoms. The van der Waals surface area contributed by atoms with Crippen LogP contribution in [0.3, 0.4) is 0 Å². The first-order valence-electron chi connectivity index (χ1n) is 11.9. The highest BCUT2D eigenvalue weighted by Crippen LogP contribution is 2.49. The van der Waals surface area contributed by atoms with E-state index < -0.39 is 0 Å². The van der Waals surface area contributed by atoms with Crippen molar-refractivity contribution >= 4 is 17.4 Å². The lowest BCUT2D eigenvalue weighted by Gasteiger charge is -2.27. The summed E-state index contributed by atoms with van der Waals surface area (Å²) in [6, 6.07) is 19.7. The van der Waals surface area contributed by atoms with Gasteiger partial charge < -0.3 is 18.9 Å². The third-order valence-electron chi connectivity index (χ3n) is 6.60. The lowest BCUT2D eigenvalue weighted by atomic mass is 9.94. The summed E-state index contributed by atoms with van der Waals surface area (Å²) in [5.41, 5.74) is 4.38. The van der Waals surface area contributed by atoms with Gasteiger partial charge in [-0.2, -0.15) is 0 Å². The monoisotopic (exact) mass is 483 g/mol. The number of ether oxygens (including phenoxy) is 4. The number of nitrogens with zero attached hydrogens (tertiary/aromatic N) is 1. The molecule has 6 nitrogen and oxygen atoms in total. The van der Waals surface area contributed by atoms with E-state index in [0.29, 0.717) is 28.6 Å². The van der Waals surface area contributed by atoms with E-state index in [1.165, 1.54) is 5.56 Å². The van der Waals surface area contributed by atoms with Gasteiger partial charge in [0, 0.05) is 31.3 Å². The average Bonchev–Trinajstić information content (AvgIpc) is 3.24. The van der Waals surface area contributed by atoms with Crippen molar-refractivity contribution in [1.29, 1.82) is 0 Å². The van der Waals surface area contributed by atoms with Gasteiger partial charge in [0.1, 0.15) is 22.8 Å². The number of fused-ring (bicyclic) bond motifs is 1. The molecule has 2 aliphatic heterocycles. The molecule has 0 aliphatic carbocycles. The van der Waals surface area contributed by atoms with E-state index in [2.05, 4.69) is 35.2 Å². The summed E-state index contributed by atoms with van der Waals surface area (Å²) in [6.07, 6.45) is 4.73. The standard InChI is InChI=1S/C30H29NO5/c1-33-23-12-8-7-11-22(23)17-26-29(32)28-25(35-3)18-24(34-2)27(30(28)36-26)21-13-15-31(16-14-21)19-20-9-5-4-6-10-20/h4-13,17-18H,14-16,19H2,1-3H3. The van der Waals surface area contributed by atoms with E-state index in [0.717, 1.165) is 42.8 Å². The normalized spacial score (nSPS) is 16.4. The van der Waals surface area contributed by atoms with Crippen molar-refractivity contribution in [3.8, 4) is 23.0 Å². The molecule has 0 bridgehead atoms. The zero-order chi connectivity index (χ0) is 25.1. The number of hydrogen-bond acceptors (Lipinski definition) is 6. The predicted octanol–water partition coefficient (Wildman–Crippen LogP) is 5.62. The number of benzene rings is 3. The molecule has 0 unspecified atom stereocenters. The van der Waals surface area contributed by atoms with Crippen LogP contribution in [0.1, 0.15) is 33.5 Å². The van der Waals surface area contributed by atoms with Gasteiger partial charge >= 0.3 is 0 Å². The van der Waals surface area contributed by atoms with E-state index in [9.17, 15) is 4.79 Å². The molecular weight excluding hydrogens is 454 g/mol. The first kappa shape index (κ1) is 23.7. The van der Waals surface area contributed by atoms with Crippen LogP contribution in [0.25, 0.3) is 11.6 Å². The van der Waals surface area contributed by atoms with Crippen molar-refractivity contribution in [2.45, 2.75) is 13.0 Å². The number of carbonyl (C=O) groups excluding carboxylic acids is 1. The van der Waals surface area contributed by atoms with Crippen molar-refractivity contribution in [2.75, 3.05) is 34.4 Å². The van der Waals surface area contributed by atoms with Crippen LogP contribution in [-0.4, -0.2) is 45.1 Å². The number of hydrogen-bond donors (Lipinski definition) is 0. The van der Waals surface area contributed by atoms with Crippen LogP contribution in [-0.2, 0) is 6.54 Å². The van der Waals surface area contributed by atoms with Crippen molar-refractivity contribution in [3.05, 3.63) is 94.8 Å². The molecule has 0 aromatic heterocycles. The summed E-state index contributed by atoms with van der Waals surface area (Å²) < 4.78 is 23.0. The Kier molecular flexibility index (Phi) is 6.78. The minimum atomic E-state index is -0.223. The number of allylic oxidation sites excluding steroid dienone is 1. The number of rotatable bonds is 7. The lowest BCUT2D eigenvalue weighted by molar-refractivity contribution is 0.101. The Hall–Kier alpha value is -4.03. The Morgan fingerprint density at radius 2 is 1.58 bits per heavy atom. The molecule has 36 heavy (non-hydrogen) atoms. The molecule has 3 aromatic carbocycles. The average molecular weight is 484 g/mol. The summed E-state index contributed by atoms with van der Waals surface area (Å²) in [7, 11) is 4.77. The number of para-hydroxylation sites is 1. The summed E-state index contributed by atoms with van der Waals surface area (Å²) in [5, 5.41) is 0. The van der Waals surface area contributed by atoms with E-state index in [4.69, 9.17) is 18.9 Å². The zero-order valence-corrected chi connectivity index (χ0v) is 20.7. The van der Waals surface area contributed by atoms with E-state index in [1.54, 1.807) is 33.5 Å². The lowest BCUT2D eigenvalue weighted by Crippen LogP contribution is -2.28. The van der Waals surface area contributed by atoms with Crippen LogP contribution < -0.4 is 18.9 Å². The summed E-state index contributed by atoms with van der Waals surface area (Å²) in [5.74, 6) is 2.21. The van der Waals surface area contributed by atoms with Gasteiger partial charge in [-0.3, -0.25) is 9.69 Å². The second-order valence-electron chi connectivity index (χ2n) is 8.74. The maximum atomic E-state index is 13.5. The molecule has 0 amide bonds. The summed E-state index contributed by atoms with van der Waals surface area (Å²) in [6.45, 7) is 2.58. The Morgan fingerprint density at radius 3 is 2.28 bits per heavy atom. The second kappa shape index (κ2) is 10.3. The quantitative estimate of drug-likeness (QED) is 0.407. The zero-order valence-electron chi connectivity index (χ0n) is 20.7. The molecule has 2 heterocycles. The predicted molar refractivity (Wildman–Crippen MR) is 140 cm³/mol. The van der Waals surface area contributed by atoms with Crippen molar-refractivity contribution in [2.24, 2.45) is 0 Å². The molecule has 2 aliphatic rings. The molecule has 0 N–H and O–H groups in total. The van der Waals surface area contributed by atoms with Gasteiger partial charge in [-0.15, -0.1) is 0 Å².